The molecule has 25 heavy (non-hydrogen) atoms. The number of carbonyl (C=O) groups excluding carboxylic acids is 1. The van der Waals surface area contributed by atoms with Crippen LogP contribution in [0.3, 0.4) is 0 Å². The molecule has 4 nitrogen and oxygen atoms in total. The first-order valence-electron chi connectivity index (χ1n) is 8.97. The minimum absolute atomic E-state index is 0.163. The molecule has 0 aromatic heterocycles. The maximum Gasteiger partial charge on any atom is 0.335 e. The van der Waals surface area contributed by atoms with Gasteiger partial charge in [-0.2, -0.15) is 0 Å². The van der Waals surface area contributed by atoms with E-state index in [-0.39, 0.29) is 17.5 Å². The fourth-order valence-electron chi connectivity index (χ4n) is 3.14. The van der Waals surface area contributed by atoms with Crippen molar-refractivity contribution in [1.82, 2.24) is 4.90 Å². The van der Waals surface area contributed by atoms with Gasteiger partial charge in [-0.05, 0) is 43.9 Å². The first-order valence-corrected chi connectivity index (χ1v) is 8.97. The van der Waals surface area contributed by atoms with Crippen LogP contribution in [0.5, 0.6) is 0 Å². The number of carbonyl (C=O) groups is 2. The second kappa shape index (κ2) is 9.21. The van der Waals surface area contributed by atoms with Crippen molar-refractivity contribution in [2.24, 2.45) is 0 Å². The Kier molecular flexibility index (Phi) is 6.99. The van der Waals surface area contributed by atoms with Crippen molar-refractivity contribution >= 4 is 11.9 Å². The minimum atomic E-state index is -0.919. The third-order valence-electron chi connectivity index (χ3n) is 4.58. The van der Waals surface area contributed by atoms with E-state index in [0.29, 0.717) is 13.0 Å². The minimum Gasteiger partial charge on any atom is -0.478 e. The van der Waals surface area contributed by atoms with Gasteiger partial charge in [-0.15, -0.1) is 0 Å². The highest BCUT2D eigenvalue weighted by Gasteiger charge is 2.28. The monoisotopic (exact) mass is 341 g/mol. The molecule has 1 aliphatic rings. The predicted octanol–water partition coefficient (Wildman–Crippen LogP) is 4.22. The summed E-state index contributed by atoms with van der Waals surface area (Å²) in [5.74, 6) is -0.719. The Morgan fingerprint density at radius 2 is 2.04 bits per heavy atom. The average molecular weight is 341 g/mol. The van der Waals surface area contributed by atoms with Crippen molar-refractivity contribution in [3.63, 3.8) is 0 Å². The van der Waals surface area contributed by atoms with Gasteiger partial charge >= 0.3 is 5.97 Å². The number of benzene rings is 1. The third kappa shape index (κ3) is 5.59. The molecular weight excluding hydrogens is 314 g/mol. The summed E-state index contributed by atoms with van der Waals surface area (Å²) in [4.78, 5) is 25.0. The van der Waals surface area contributed by atoms with Crippen molar-refractivity contribution in [3.05, 3.63) is 59.2 Å². The number of hydrogen-bond acceptors (Lipinski definition) is 2. The lowest BCUT2D eigenvalue weighted by Crippen LogP contribution is -2.33. The van der Waals surface area contributed by atoms with Gasteiger partial charge in [0, 0.05) is 13.0 Å². The second-order valence-corrected chi connectivity index (χ2v) is 6.59. The lowest BCUT2D eigenvalue weighted by molar-refractivity contribution is -0.128. The Hall–Kier alpha value is -2.36. The van der Waals surface area contributed by atoms with Gasteiger partial charge in [0.25, 0.3) is 0 Å². The number of carboxylic acids is 1. The summed E-state index contributed by atoms with van der Waals surface area (Å²) in [5.41, 5.74) is 2.69. The van der Waals surface area contributed by atoms with E-state index in [1.165, 1.54) is 5.57 Å². The molecule has 1 atom stereocenters. The van der Waals surface area contributed by atoms with E-state index in [4.69, 9.17) is 5.11 Å². The standard InChI is InChI=1S/C21H27NO3/c1-3-5-16(2)6-4-7-19-12-13-20(23)22(19)15-14-17-8-10-18(11-9-17)21(24)25/h4,6-11,19H,3,5,12-15H2,1-2H3,(H,24,25)/b7-4+,16-6+. The summed E-state index contributed by atoms with van der Waals surface area (Å²) >= 11 is 0. The number of amides is 1. The zero-order chi connectivity index (χ0) is 18.2. The summed E-state index contributed by atoms with van der Waals surface area (Å²) in [6.45, 7) is 4.96. The van der Waals surface area contributed by atoms with Gasteiger partial charge in [0.15, 0.2) is 0 Å². The van der Waals surface area contributed by atoms with Crippen molar-refractivity contribution in [3.8, 4) is 0 Å². The molecule has 1 unspecified atom stereocenters. The molecule has 0 aliphatic carbocycles. The smallest absolute Gasteiger partial charge is 0.335 e. The van der Waals surface area contributed by atoms with E-state index in [2.05, 4.69) is 32.1 Å². The number of carboxylic acid groups (broad SMARTS) is 1. The highest BCUT2D eigenvalue weighted by Crippen LogP contribution is 2.21. The Morgan fingerprint density at radius 3 is 2.68 bits per heavy atom. The zero-order valence-corrected chi connectivity index (χ0v) is 15.1. The molecule has 0 radical (unpaired) electrons. The molecule has 0 spiro atoms. The average Bonchev–Trinajstić information content (AvgIpc) is 2.93. The molecule has 0 bridgehead atoms. The summed E-state index contributed by atoms with van der Waals surface area (Å²) in [6.07, 6.45) is 10.8. The summed E-state index contributed by atoms with van der Waals surface area (Å²) < 4.78 is 0. The molecule has 4 heteroatoms. The molecule has 134 valence electrons. The summed E-state index contributed by atoms with van der Waals surface area (Å²) in [7, 11) is 0. The van der Waals surface area contributed by atoms with Gasteiger partial charge in [0.05, 0.1) is 11.6 Å². The molecule has 1 aromatic carbocycles. The number of nitrogens with zero attached hydrogens (tertiary/aromatic N) is 1. The van der Waals surface area contributed by atoms with E-state index in [0.717, 1.165) is 31.2 Å². The van der Waals surface area contributed by atoms with Crippen molar-refractivity contribution in [2.75, 3.05) is 6.54 Å². The van der Waals surface area contributed by atoms with Gasteiger partial charge in [0.1, 0.15) is 0 Å². The number of rotatable bonds is 8. The van der Waals surface area contributed by atoms with Gasteiger partial charge in [-0.1, -0.05) is 49.3 Å². The molecular formula is C21H27NO3. The van der Waals surface area contributed by atoms with Crippen LogP contribution in [0.25, 0.3) is 0 Å². The van der Waals surface area contributed by atoms with Gasteiger partial charge in [0.2, 0.25) is 5.91 Å². The predicted molar refractivity (Wildman–Crippen MR) is 99.6 cm³/mol. The molecule has 2 rings (SSSR count). The Labute approximate surface area is 149 Å². The molecule has 1 saturated heterocycles. The van der Waals surface area contributed by atoms with Gasteiger partial charge < -0.3 is 10.0 Å². The Morgan fingerprint density at radius 1 is 1.32 bits per heavy atom. The number of aromatic carboxylic acids is 1. The number of allylic oxidation sites excluding steroid dienone is 3. The van der Waals surface area contributed by atoms with Crippen LogP contribution >= 0.6 is 0 Å². The van der Waals surface area contributed by atoms with Crippen LogP contribution in [0.1, 0.15) is 55.5 Å². The highest BCUT2D eigenvalue weighted by atomic mass is 16.4. The zero-order valence-electron chi connectivity index (χ0n) is 15.1. The highest BCUT2D eigenvalue weighted by molar-refractivity contribution is 5.87. The molecule has 0 saturated carbocycles. The number of hydrogen-bond donors (Lipinski definition) is 1. The van der Waals surface area contributed by atoms with Crippen LogP contribution in [0.2, 0.25) is 0 Å². The largest absolute Gasteiger partial charge is 0.478 e. The second-order valence-electron chi connectivity index (χ2n) is 6.59. The van der Waals surface area contributed by atoms with E-state index < -0.39 is 5.97 Å². The molecule has 1 heterocycles. The topological polar surface area (TPSA) is 57.6 Å². The van der Waals surface area contributed by atoms with Crippen LogP contribution in [-0.4, -0.2) is 34.5 Å². The van der Waals surface area contributed by atoms with Crippen LogP contribution in [0.4, 0.5) is 0 Å². The maximum absolute atomic E-state index is 12.1. The third-order valence-corrected chi connectivity index (χ3v) is 4.58. The van der Waals surface area contributed by atoms with E-state index in [1.54, 1.807) is 12.1 Å². The molecule has 1 aliphatic heterocycles. The Balaban J connectivity index is 1.94. The molecule has 1 amide bonds. The quantitative estimate of drug-likeness (QED) is 0.720. The first-order chi connectivity index (χ1) is 12.0. The van der Waals surface area contributed by atoms with E-state index in [9.17, 15) is 9.59 Å². The van der Waals surface area contributed by atoms with Crippen LogP contribution < -0.4 is 0 Å². The van der Waals surface area contributed by atoms with Crippen LogP contribution in [0.15, 0.2) is 48.1 Å². The van der Waals surface area contributed by atoms with Gasteiger partial charge in [-0.25, -0.2) is 4.79 Å². The lowest BCUT2D eigenvalue weighted by atomic mass is 10.1. The normalized spacial score (nSPS) is 18.3. The SMILES string of the molecule is CCC/C(C)=C/C=C/C1CCC(=O)N1CCc1ccc(C(=O)O)cc1. The van der Waals surface area contributed by atoms with Crippen molar-refractivity contribution in [1.29, 1.82) is 0 Å². The van der Waals surface area contributed by atoms with Crippen molar-refractivity contribution in [2.45, 2.75) is 52.0 Å². The van der Waals surface area contributed by atoms with Crippen LogP contribution in [-0.2, 0) is 11.2 Å². The Bertz CT molecular complexity index is 658. The van der Waals surface area contributed by atoms with Crippen molar-refractivity contribution < 1.29 is 14.7 Å². The van der Waals surface area contributed by atoms with Gasteiger partial charge in [-0.3, -0.25) is 4.79 Å². The molecule has 1 N–H and O–H groups in total. The fourth-order valence-corrected chi connectivity index (χ4v) is 3.14. The lowest BCUT2D eigenvalue weighted by Gasteiger charge is -2.22. The van der Waals surface area contributed by atoms with E-state index in [1.807, 2.05) is 17.0 Å². The summed E-state index contributed by atoms with van der Waals surface area (Å²) in [6, 6.07) is 7.04. The summed E-state index contributed by atoms with van der Waals surface area (Å²) in [5, 5.41) is 8.94. The fraction of sp³-hybridized carbons (Fsp3) is 0.429. The number of likely N-dealkylation sites (tertiary alicyclic amines) is 1. The van der Waals surface area contributed by atoms with Crippen LogP contribution in [0, 0.1) is 0 Å². The molecule has 1 fully saturated rings. The molecule has 1 aromatic rings. The maximum atomic E-state index is 12.1. The van der Waals surface area contributed by atoms with E-state index >= 15 is 0 Å². The first kappa shape index (κ1) is 19.0.